The highest BCUT2D eigenvalue weighted by Crippen LogP contribution is 2.45. The number of hydrogen-bond acceptors (Lipinski definition) is 3. The molecule has 3 nitrogen and oxygen atoms in total. The van der Waals surface area contributed by atoms with E-state index in [1.54, 1.807) is 0 Å². The average molecular weight is 437 g/mol. The zero-order chi connectivity index (χ0) is 22.5. The first kappa shape index (κ1) is 19.1. The molecule has 2 aliphatic heterocycles. The van der Waals surface area contributed by atoms with E-state index in [0.29, 0.717) is 0 Å². The smallest absolute Gasteiger partial charge is 0.260 e. The van der Waals surface area contributed by atoms with E-state index in [2.05, 4.69) is 95.9 Å². The van der Waals surface area contributed by atoms with Gasteiger partial charge in [-0.1, -0.05) is 72.8 Å². The molecule has 0 saturated heterocycles. The molecule has 0 N–H and O–H groups in total. The fourth-order valence-corrected chi connectivity index (χ4v) is 5.13. The Morgan fingerprint density at radius 1 is 0.471 bits per heavy atom. The lowest BCUT2D eigenvalue weighted by molar-refractivity contribution is 0.465. The Morgan fingerprint density at radius 3 is 1.62 bits per heavy atom. The molecule has 34 heavy (non-hydrogen) atoms. The number of rotatable bonds is 3. The normalized spacial score (nSPS) is 12.5. The fourth-order valence-electron chi connectivity index (χ4n) is 5.13. The molecule has 0 spiro atoms. The van der Waals surface area contributed by atoms with Crippen molar-refractivity contribution >= 4 is 40.2 Å². The maximum absolute atomic E-state index is 6.67. The standard InChI is InChI=1S/C30H20BNO2/c1-3-11-21(12-4-1)32(22-13-5-2-6-14-22)25-19-20-28-29-30(25)34-27-18-10-8-16-24(27)31(29)23-15-7-9-17-26(23)33-28/h1-20H. The van der Waals surface area contributed by atoms with Gasteiger partial charge in [0.1, 0.15) is 23.0 Å². The van der Waals surface area contributed by atoms with Crippen LogP contribution in [0.5, 0.6) is 23.0 Å². The first-order valence-electron chi connectivity index (χ1n) is 11.5. The van der Waals surface area contributed by atoms with Crippen LogP contribution in [0.4, 0.5) is 17.1 Å². The quantitative estimate of drug-likeness (QED) is 0.322. The lowest BCUT2D eigenvalue weighted by Crippen LogP contribution is -2.57. The molecule has 160 valence electrons. The SMILES string of the molecule is c1ccc(N(c2ccccc2)c2ccc3c4c2Oc2ccccc2B4c2ccccc2O3)cc1. The summed E-state index contributed by atoms with van der Waals surface area (Å²) >= 11 is 0. The fraction of sp³-hybridized carbons (Fsp3) is 0. The molecule has 2 heterocycles. The summed E-state index contributed by atoms with van der Waals surface area (Å²) in [6.45, 7) is 0.0493. The largest absolute Gasteiger partial charge is 0.458 e. The second kappa shape index (κ2) is 7.56. The van der Waals surface area contributed by atoms with Crippen molar-refractivity contribution in [2.45, 2.75) is 0 Å². The third-order valence-corrected chi connectivity index (χ3v) is 6.59. The van der Waals surface area contributed by atoms with E-state index in [4.69, 9.17) is 9.47 Å². The summed E-state index contributed by atoms with van der Waals surface area (Å²) in [6, 6.07) is 41.6. The number of anilines is 3. The molecule has 0 aromatic heterocycles. The average Bonchev–Trinajstić information content (AvgIpc) is 2.91. The number of fused-ring (bicyclic) bond motifs is 4. The van der Waals surface area contributed by atoms with Crippen LogP contribution in [0.3, 0.4) is 0 Å². The summed E-state index contributed by atoms with van der Waals surface area (Å²) in [4.78, 5) is 2.25. The zero-order valence-electron chi connectivity index (χ0n) is 18.4. The highest BCUT2D eigenvalue weighted by atomic mass is 16.5. The Hall–Kier alpha value is -4.44. The molecule has 4 heteroatoms. The molecule has 0 amide bonds. The van der Waals surface area contributed by atoms with Crippen molar-refractivity contribution in [1.82, 2.24) is 0 Å². The highest BCUT2D eigenvalue weighted by molar-refractivity contribution is 6.98. The van der Waals surface area contributed by atoms with Crippen molar-refractivity contribution in [2.75, 3.05) is 4.90 Å². The number of ether oxygens (including phenoxy) is 2. The second-order valence-corrected chi connectivity index (χ2v) is 8.54. The Balaban J connectivity index is 1.51. The summed E-state index contributed by atoms with van der Waals surface area (Å²) in [5.41, 5.74) is 6.53. The minimum absolute atomic E-state index is 0.0493. The van der Waals surface area contributed by atoms with E-state index in [-0.39, 0.29) is 6.71 Å². The summed E-state index contributed by atoms with van der Waals surface area (Å²) in [5.74, 6) is 3.47. The van der Waals surface area contributed by atoms with E-state index < -0.39 is 0 Å². The van der Waals surface area contributed by atoms with Crippen LogP contribution < -0.4 is 30.8 Å². The molecule has 7 rings (SSSR count). The van der Waals surface area contributed by atoms with Gasteiger partial charge in [-0.25, -0.2) is 0 Å². The molecule has 0 saturated carbocycles. The number of benzene rings is 5. The van der Waals surface area contributed by atoms with Gasteiger partial charge >= 0.3 is 0 Å². The van der Waals surface area contributed by atoms with E-state index in [1.165, 1.54) is 0 Å². The first-order chi connectivity index (χ1) is 16.9. The summed E-state index contributed by atoms with van der Waals surface area (Å²) in [7, 11) is 0. The van der Waals surface area contributed by atoms with Gasteiger partial charge < -0.3 is 14.4 Å². The molecule has 5 aromatic rings. The van der Waals surface area contributed by atoms with Crippen LogP contribution in [0, 0.1) is 0 Å². The summed E-state index contributed by atoms with van der Waals surface area (Å²) < 4.78 is 13.1. The third-order valence-electron chi connectivity index (χ3n) is 6.59. The molecular weight excluding hydrogens is 417 g/mol. The van der Waals surface area contributed by atoms with E-state index >= 15 is 0 Å². The minimum Gasteiger partial charge on any atom is -0.458 e. The molecule has 0 radical (unpaired) electrons. The van der Waals surface area contributed by atoms with Gasteiger partial charge in [0, 0.05) is 16.8 Å². The van der Waals surface area contributed by atoms with Crippen LogP contribution in [0.15, 0.2) is 121 Å². The van der Waals surface area contributed by atoms with Crippen molar-refractivity contribution in [3.63, 3.8) is 0 Å². The van der Waals surface area contributed by atoms with Crippen molar-refractivity contribution in [1.29, 1.82) is 0 Å². The van der Waals surface area contributed by atoms with E-state index in [1.807, 2.05) is 30.3 Å². The predicted octanol–water partition coefficient (Wildman–Crippen LogP) is 5.88. The number of hydrogen-bond donors (Lipinski definition) is 0. The molecule has 2 aliphatic rings. The molecule has 0 fully saturated rings. The Labute approximate surface area is 198 Å². The third kappa shape index (κ3) is 2.85. The maximum atomic E-state index is 6.67. The zero-order valence-corrected chi connectivity index (χ0v) is 18.4. The van der Waals surface area contributed by atoms with Crippen molar-refractivity contribution in [3.8, 4) is 23.0 Å². The van der Waals surface area contributed by atoms with Gasteiger partial charge in [-0.3, -0.25) is 0 Å². The molecule has 0 unspecified atom stereocenters. The first-order valence-corrected chi connectivity index (χ1v) is 11.5. The molecule has 5 aromatic carbocycles. The number of para-hydroxylation sites is 4. The predicted molar refractivity (Wildman–Crippen MR) is 139 cm³/mol. The monoisotopic (exact) mass is 437 g/mol. The molecule has 0 aliphatic carbocycles. The highest BCUT2D eigenvalue weighted by Gasteiger charge is 2.41. The molecule has 0 atom stereocenters. The Kier molecular flexibility index (Phi) is 4.24. The van der Waals surface area contributed by atoms with Crippen LogP contribution in [0.2, 0.25) is 0 Å². The summed E-state index contributed by atoms with van der Waals surface area (Å²) in [5, 5.41) is 0. The lowest BCUT2D eigenvalue weighted by Gasteiger charge is -2.36. The van der Waals surface area contributed by atoms with Gasteiger partial charge in [0.2, 0.25) is 0 Å². The number of nitrogens with zero attached hydrogens (tertiary/aromatic N) is 1. The van der Waals surface area contributed by atoms with Gasteiger partial charge in [0.05, 0.1) is 5.69 Å². The van der Waals surface area contributed by atoms with Crippen LogP contribution in [-0.4, -0.2) is 6.71 Å². The topological polar surface area (TPSA) is 21.7 Å². The van der Waals surface area contributed by atoms with E-state index in [0.717, 1.165) is 56.4 Å². The Morgan fingerprint density at radius 2 is 1.00 bits per heavy atom. The van der Waals surface area contributed by atoms with Crippen LogP contribution in [-0.2, 0) is 0 Å². The van der Waals surface area contributed by atoms with Gasteiger partial charge in [-0.2, -0.15) is 0 Å². The lowest BCUT2D eigenvalue weighted by atomic mass is 9.35. The van der Waals surface area contributed by atoms with Crippen LogP contribution in [0.25, 0.3) is 0 Å². The summed E-state index contributed by atoms with van der Waals surface area (Å²) in [6.07, 6.45) is 0. The van der Waals surface area contributed by atoms with Crippen LogP contribution >= 0.6 is 0 Å². The minimum atomic E-state index is 0.0493. The van der Waals surface area contributed by atoms with Crippen LogP contribution in [0.1, 0.15) is 0 Å². The molecular formula is C30H20BNO2. The van der Waals surface area contributed by atoms with Gasteiger partial charge in [0.25, 0.3) is 6.71 Å². The maximum Gasteiger partial charge on any atom is 0.260 e. The van der Waals surface area contributed by atoms with Crippen molar-refractivity contribution < 1.29 is 9.47 Å². The molecule has 0 bridgehead atoms. The van der Waals surface area contributed by atoms with Gasteiger partial charge in [-0.05, 0) is 59.5 Å². The van der Waals surface area contributed by atoms with Gasteiger partial charge in [-0.15, -0.1) is 0 Å². The van der Waals surface area contributed by atoms with Crippen molar-refractivity contribution in [2.24, 2.45) is 0 Å². The van der Waals surface area contributed by atoms with E-state index in [9.17, 15) is 0 Å². The van der Waals surface area contributed by atoms with Crippen molar-refractivity contribution in [3.05, 3.63) is 121 Å². The Bertz CT molecular complexity index is 1470. The van der Waals surface area contributed by atoms with Gasteiger partial charge in [0.15, 0.2) is 0 Å². The second-order valence-electron chi connectivity index (χ2n) is 8.54.